The van der Waals surface area contributed by atoms with Crippen molar-refractivity contribution in [2.24, 2.45) is 5.92 Å². The van der Waals surface area contributed by atoms with Crippen molar-refractivity contribution in [1.82, 2.24) is 4.90 Å². The van der Waals surface area contributed by atoms with Crippen molar-refractivity contribution >= 4 is 21.9 Å². The second-order valence-electron chi connectivity index (χ2n) is 6.23. The Balaban J connectivity index is 1.69. The number of piperidine rings is 1. The lowest BCUT2D eigenvalue weighted by Gasteiger charge is -2.38. The van der Waals surface area contributed by atoms with E-state index >= 15 is 0 Å². The van der Waals surface area contributed by atoms with Crippen molar-refractivity contribution in [2.45, 2.75) is 50.7 Å². The van der Waals surface area contributed by atoms with Crippen LogP contribution in [0.4, 0.5) is 4.39 Å². The predicted octanol–water partition coefficient (Wildman–Crippen LogP) is 3.81. The van der Waals surface area contributed by atoms with E-state index < -0.39 is 5.97 Å². The van der Waals surface area contributed by atoms with Crippen molar-refractivity contribution in [2.75, 3.05) is 0 Å². The average molecular weight is 356 g/mol. The molecule has 3 rings (SSSR count). The second kappa shape index (κ2) is 6.05. The number of carboxylic acid groups (broad SMARTS) is 1. The molecule has 0 radical (unpaired) electrons. The molecule has 21 heavy (non-hydrogen) atoms. The number of halogens is 2. The van der Waals surface area contributed by atoms with Crippen molar-refractivity contribution < 1.29 is 14.3 Å². The largest absolute Gasteiger partial charge is 0.481 e. The summed E-state index contributed by atoms with van der Waals surface area (Å²) in [5, 5.41) is 8.95. The van der Waals surface area contributed by atoms with Crippen LogP contribution in [0, 0.1) is 11.7 Å². The summed E-state index contributed by atoms with van der Waals surface area (Å²) in [6.45, 7) is 0.633. The van der Waals surface area contributed by atoms with Gasteiger partial charge < -0.3 is 5.11 Å². The monoisotopic (exact) mass is 355 g/mol. The van der Waals surface area contributed by atoms with Crippen LogP contribution in [0.3, 0.4) is 0 Å². The lowest BCUT2D eigenvalue weighted by Crippen LogP contribution is -2.42. The molecule has 2 bridgehead atoms. The fraction of sp³-hybridized carbons (Fsp3) is 0.562. The van der Waals surface area contributed by atoms with Crippen LogP contribution >= 0.6 is 15.9 Å². The summed E-state index contributed by atoms with van der Waals surface area (Å²) < 4.78 is 14.8. The first kappa shape index (κ1) is 15.0. The molecule has 2 aliphatic rings. The van der Waals surface area contributed by atoms with Gasteiger partial charge >= 0.3 is 5.97 Å². The molecule has 0 saturated carbocycles. The maximum absolute atomic E-state index is 14.0. The van der Waals surface area contributed by atoms with E-state index in [2.05, 4.69) is 20.8 Å². The minimum atomic E-state index is -0.702. The predicted molar refractivity (Wildman–Crippen MR) is 81.4 cm³/mol. The molecule has 2 atom stereocenters. The lowest BCUT2D eigenvalue weighted by molar-refractivity contribution is -0.138. The molecule has 1 aromatic carbocycles. The van der Waals surface area contributed by atoms with E-state index in [1.807, 2.05) is 12.1 Å². The zero-order chi connectivity index (χ0) is 15.0. The van der Waals surface area contributed by atoms with Gasteiger partial charge in [-0.05, 0) is 43.7 Å². The van der Waals surface area contributed by atoms with E-state index in [1.54, 1.807) is 0 Å². The molecule has 3 nitrogen and oxygen atoms in total. The third kappa shape index (κ3) is 3.29. The maximum Gasteiger partial charge on any atom is 0.303 e. The number of aliphatic carboxylic acids is 1. The van der Waals surface area contributed by atoms with Crippen molar-refractivity contribution in [3.63, 3.8) is 0 Å². The minimum absolute atomic E-state index is 0.170. The Labute approximate surface area is 132 Å². The van der Waals surface area contributed by atoms with E-state index in [0.717, 1.165) is 35.7 Å². The second-order valence-corrected chi connectivity index (χ2v) is 7.14. The number of fused-ring (bicyclic) bond motifs is 2. The molecule has 114 valence electrons. The Morgan fingerprint density at radius 2 is 2.00 bits per heavy atom. The smallest absolute Gasteiger partial charge is 0.303 e. The molecule has 2 unspecified atom stereocenters. The van der Waals surface area contributed by atoms with E-state index in [-0.39, 0.29) is 18.2 Å². The maximum atomic E-state index is 14.0. The Kier molecular flexibility index (Phi) is 4.31. The van der Waals surface area contributed by atoms with Crippen molar-refractivity contribution in [1.29, 1.82) is 0 Å². The Bertz CT molecular complexity index is 537. The van der Waals surface area contributed by atoms with Gasteiger partial charge in [0.2, 0.25) is 0 Å². The van der Waals surface area contributed by atoms with Gasteiger partial charge in [0, 0.05) is 35.1 Å². The Morgan fingerprint density at radius 3 is 2.57 bits per heavy atom. The lowest BCUT2D eigenvalue weighted by atomic mass is 9.88. The van der Waals surface area contributed by atoms with Crippen LogP contribution < -0.4 is 0 Å². The van der Waals surface area contributed by atoms with Gasteiger partial charge in [-0.1, -0.05) is 22.0 Å². The number of carboxylic acids is 1. The highest BCUT2D eigenvalue weighted by Crippen LogP contribution is 2.40. The van der Waals surface area contributed by atoms with Crippen LogP contribution in [0.2, 0.25) is 0 Å². The summed E-state index contributed by atoms with van der Waals surface area (Å²) in [6.07, 6.45) is 4.35. The van der Waals surface area contributed by atoms with Crippen LogP contribution in [-0.4, -0.2) is 28.1 Å². The first-order chi connectivity index (χ1) is 10.0. The van der Waals surface area contributed by atoms with Gasteiger partial charge in [0.15, 0.2) is 0 Å². The van der Waals surface area contributed by atoms with E-state index in [9.17, 15) is 9.18 Å². The van der Waals surface area contributed by atoms with Gasteiger partial charge in [-0.25, -0.2) is 4.39 Å². The van der Waals surface area contributed by atoms with Gasteiger partial charge in [0.05, 0.1) is 0 Å². The number of nitrogens with zero attached hydrogens (tertiary/aromatic N) is 1. The van der Waals surface area contributed by atoms with Crippen molar-refractivity contribution in [3.8, 4) is 0 Å². The summed E-state index contributed by atoms with van der Waals surface area (Å²) in [5.74, 6) is -0.589. The molecule has 2 saturated heterocycles. The highest BCUT2D eigenvalue weighted by molar-refractivity contribution is 9.10. The standard InChI is InChI=1S/C16H19BrFNO2/c17-12-2-1-11(15(18)8-12)9-19-13-3-4-14(19)6-10(5-13)7-16(20)21/h1-2,8,10,13-14H,3-7,9H2,(H,20,21). The van der Waals surface area contributed by atoms with Crippen LogP contribution in [0.15, 0.2) is 22.7 Å². The molecular weight excluding hydrogens is 337 g/mol. The third-order valence-corrected chi connectivity index (χ3v) is 5.31. The quantitative estimate of drug-likeness (QED) is 0.892. The molecule has 5 heteroatoms. The molecular formula is C16H19BrFNO2. The van der Waals surface area contributed by atoms with Gasteiger partial charge in [0.1, 0.15) is 5.82 Å². The zero-order valence-electron chi connectivity index (χ0n) is 11.8. The van der Waals surface area contributed by atoms with Crippen LogP contribution in [0.25, 0.3) is 0 Å². The number of rotatable bonds is 4. The number of hydrogen-bond acceptors (Lipinski definition) is 2. The highest BCUT2D eigenvalue weighted by Gasteiger charge is 2.41. The zero-order valence-corrected chi connectivity index (χ0v) is 13.4. The van der Waals surface area contributed by atoms with Gasteiger partial charge in [-0.2, -0.15) is 0 Å². The average Bonchev–Trinajstić information content (AvgIpc) is 2.64. The van der Waals surface area contributed by atoms with Crippen LogP contribution in [0.1, 0.15) is 37.7 Å². The minimum Gasteiger partial charge on any atom is -0.481 e. The normalized spacial score (nSPS) is 28.8. The topological polar surface area (TPSA) is 40.5 Å². The summed E-state index contributed by atoms with van der Waals surface area (Å²) in [6, 6.07) is 6.04. The fourth-order valence-corrected chi connectivity index (χ4v) is 4.24. The van der Waals surface area contributed by atoms with E-state index in [1.165, 1.54) is 6.07 Å². The number of hydrogen-bond donors (Lipinski definition) is 1. The van der Waals surface area contributed by atoms with E-state index in [0.29, 0.717) is 18.6 Å². The summed E-state index contributed by atoms with van der Waals surface area (Å²) in [4.78, 5) is 13.3. The summed E-state index contributed by atoms with van der Waals surface area (Å²) in [7, 11) is 0. The summed E-state index contributed by atoms with van der Waals surface area (Å²) in [5.41, 5.74) is 0.729. The van der Waals surface area contributed by atoms with Gasteiger partial charge in [-0.15, -0.1) is 0 Å². The van der Waals surface area contributed by atoms with Gasteiger partial charge in [0.25, 0.3) is 0 Å². The summed E-state index contributed by atoms with van der Waals surface area (Å²) >= 11 is 3.28. The molecule has 0 aromatic heterocycles. The molecule has 0 spiro atoms. The molecule has 0 amide bonds. The number of carbonyl (C=O) groups is 1. The van der Waals surface area contributed by atoms with Crippen LogP contribution in [0.5, 0.6) is 0 Å². The highest BCUT2D eigenvalue weighted by atomic mass is 79.9. The van der Waals surface area contributed by atoms with Crippen molar-refractivity contribution in [3.05, 3.63) is 34.1 Å². The third-order valence-electron chi connectivity index (χ3n) is 4.81. The van der Waals surface area contributed by atoms with Gasteiger partial charge in [-0.3, -0.25) is 9.69 Å². The number of benzene rings is 1. The van der Waals surface area contributed by atoms with E-state index in [4.69, 9.17) is 5.11 Å². The Hall–Kier alpha value is -0.940. The molecule has 0 aliphatic carbocycles. The Morgan fingerprint density at radius 1 is 1.33 bits per heavy atom. The first-order valence-corrected chi connectivity index (χ1v) is 8.23. The molecule has 2 aliphatic heterocycles. The molecule has 2 heterocycles. The first-order valence-electron chi connectivity index (χ1n) is 7.44. The fourth-order valence-electron chi connectivity index (χ4n) is 3.91. The SMILES string of the molecule is O=C(O)CC1CC2CCC(C1)N2Cc1ccc(Br)cc1F. The molecule has 1 N–H and O–H groups in total. The molecule has 2 fully saturated rings. The molecule has 1 aromatic rings. The van der Waals surface area contributed by atoms with Crippen LogP contribution in [-0.2, 0) is 11.3 Å².